The molecule has 2 aromatic heterocycles. The maximum absolute atomic E-state index is 13.0. The first kappa shape index (κ1) is 14.3. The highest BCUT2D eigenvalue weighted by Gasteiger charge is 2.27. The number of likely N-dealkylation sites (tertiary alicyclic amines) is 1. The fraction of sp³-hybridized carbons (Fsp3) is 0.250. The van der Waals surface area contributed by atoms with Gasteiger partial charge in [0, 0.05) is 30.2 Å². The summed E-state index contributed by atoms with van der Waals surface area (Å²) >= 11 is 1.39. The van der Waals surface area contributed by atoms with Gasteiger partial charge in [0.1, 0.15) is 11.5 Å². The highest BCUT2D eigenvalue weighted by Crippen LogP contribution is 2.25. The van der Waals surface area contributed by atoms with Crippen molar-refractivity contribution in [1.29, 1.82) is 0 Å². The fourth-order valence-corrected chi connectivity index (χ4v) is 3.63. The summed E-state index contributed by atoms with van der Waals surface area (Å²) in [7, 11) is 0. The Hall–Kier alpha value is -2.25. The number of hydrogen-bond acceptors (Lipinski definition) is 4. The molecule has 4 rings (SSSR count). The van der Waals surface area contributed by atoms with Crippen molar-refractivity contribution in [2.24, 2.45) is 0 Å². The number of nitrogens with zero attached hydrogens (tertiary/aromatic N) is 3. The second-order valence-electron chi connectivity index (χ2n) is 5.60. The van der Waals surface area contributed by atoms with E-state index in [4.69, 9.17) is 0 Å². The van der Waals surface area contributed by atoms with Crippen molar-refractivity contribution < 1.29 is 14.3 Å². The Morgan fingerprint density at radius 3 is 2.83 bits per heavy atom. The molecule has 5 nitrogen and oxygen atoms in total. The first-order valence-corrected chi connectivity index (χ1v) is 8.19. The third-order valence-electron chi connectivity index (χ3n) is 4.02. The third kappa shape index (κ3) is 2.51. The molecule has 0 spiro atoms. The topological polar surface area (TPSA) is 57.8 Å². The molecule has 1 amide bonds. The summed E-state index contributed by atoms with van der Waals surface area (Å²) in [4.78, 5) is 19.4. The van der Waals surface area contributed by atoms with Gasteiger partial charge in [-0.05, 0) is 30.7 Å². The van der Waals surface area contributed by atoms with Gasteiger partial charge in [-0.1, -0.05) is 0 Å². The van der Waals surface area contributed by atoms with Crippen LogP contribution in [-0.4, -0.2) is 44.5 Å². The van der Waals surface area contributed by atoms with Crippen molar-refractivity contribution in [3.63, 3.8) is 0 Å². The van der Waals surface area contributed by atoms with E-state index in [1.54, 1.807) is 33.0 Å². The van der Waals surface area contributed by atoms with E-state index in [9.17, 15) is 14.3 Å². The van der Waals surface area contributed by atoms with Crippen LogP contribution < -0.4 is 0 Å². The minimum absolute atomic E-state index is 0.101. The number of thiazole rings is 1. The number of aliphatic hydroxyl groups is 1. The van der Waals surface area contributed by atoms with E-state index in [2.05, 4.69) is 4.98 Å². The van der Waals surface area contributed by atoms with Crippen LogP contribution in [0, 0.1) is 5.82 Å². The molecule has 0 bridgehead atoms. The molecule has 1 fully saturated rings. The van der Waals surface area contributed by atoms with Crippen LogP contribution in [0.5, 0.6) is 0 Å². The molecule has 1 unspecified atom stereocenters. The summed E-state index contributed by atoms with van der Waals surface area (Å²) in [5, 5.41) is 11.4. The molecule has 1 aliphatic rings. The Morgan fingerprint density at radius 1 is 1.35 bits per heavy atom. The predicted octanol–water partition coefficient (Wildman–Crippen LogP) is 2.41. The van der Waals surface area contributed by atoms with Crippen LogP contribution in [0.3, 0.4) is 0 Å². The second-order valence-corrected chi connectivity index (χ2v) is 6.44. The normalized spacial score (nSPS) is 18.0. The monoisotopic (exact) mass is 331 g/mol. The smallest absolute Gasteiger partial charge is 0.271 e. The molecular weight excluding hydrogens is 317 g/mol. The van der Waals surface area contributed by atoms with E-state index in [1.807, 2.05) is 0 Å². The van der Waals surface area contributed by atoms with Crippen molar-refractivity contribution in [2.75, 3.05) is 13.1 Å². The van der Waals surface area contributed by atoms with E-state index in [-0.39, 0.29) is 11.7 Å². The minimum Gasteiger partial charge on any atom is -0.391 e. The summed E-state index contributed by atoms with van der Waals surface area (Å²) in [5.74, 6) is -0.394. The minimum atomic E-state index is -0.439. The van der Waals surface area contributed by atoms with Crippen LogP contribution in [0.15, 0.2) is 35.8 Å². The Labute approximate surface area is 135 Å². The van der Waals surface area contributed by atoms with Gasteiger partial charge < -0.3 is 10.0 Å². The van der Waals surface area contributed by atoms with Gasteiger partial charge in [0.05, 0.1) is 11.8 Å². The molecule has 0 radical (unpaired) electrons. The summed E-state index contributed by atoms with van der Waals surface area (Å²) in [6.45, 7) is 0.937. The van der Waals surface area contributed by atoms with Crippen LogP contribution in [0.1, 0.15) is 16.9 Å². The molecule has 7 heteroatoms. The van der Waals surface area contributed by atoms with E-state index in [0.29, 0.717) is 35.9 Å². The Kier molecular flexibility index (Phi) is 3.39. The highest BCUT2D eigenvalue weighted by molar-refractivity contribution is 7.15. The van der Waals surface area contributed by atoms with Gasteiger partial charge in [0.2, 0.25) is 0 Å². The maximum atomic E-state index is 13.0. The van der Waals surface area contributed by atoms with Crippen LogP contribution in [0.4, 0.5) is 4.39 Å². The molecule has 1 N–H and O–H groups in total. The number of rotatable bonds is 2. The molecular formula is C16H14FN3O2S. The van der Waals surface area contributed by atoms with Gasteiger partial charge in [-0.25, -0.2) is 9.37 Å². The molecule has 3 aromatic rings. The summed E-state index contributed by atoms with van der Waals surface area (Å²) in [5.41, 5.74) is 2.05. The van der Waals surface area contributed by atoms with Gasteiger partial charge in [0.15, 0.2) is 4.96 Å². The molecule has 1 aliphatic heterocycles. The Balaban J connectivity index is 1.69. The van der Waals surface area contributed by atoms with Gasteiger partial charge in [-0.3, -0.25) is 9.20 Å². The molecule has 1 aromatic carbocycles. The zero-order chi connectivity index (χ0) is 16.0. The summed E-state index contributed by atoms with van der Waals surface area (Å²) < 4.78 is 14.8. The van der Waals surface area contributed by atoms with Gasteiger partial charge in [-0.15, -0.1) is 11.3 Å². The number of imidazole rings is 1. The number of hydrogen-bond donors (Lipinski definition) is 1. The first-order chi connectivity index (χ1) is 11.1. The lowest BCUT2D eigenvalue weighted by atomic mass is 10.2. The molecule has 0 saturated carbocycles. The lowest BCUT2D eigenvalue weighted by Gasteiger charge is -2.14. The molecule has 1 atom stereocenters. The zero-order valence-corrected chi connectivity index (χ0v) is 13.0. The van der Waals surface area contributed by atoms with Crippen molar-refractivity contribution in [3.8, 4) is 11.3 Å². The van der Waals surface area contributed by atoms with E-state index in [0.717, 1.165) is 5.56 Å². The first-order valence-electron chi connectivity index (χ1n) is 7.32. The van der Waals surface area contributed by atoms with Crippen LogP contribution in [0.25, 0.3) is 16.2 Å². The number of benzene rings is 1. The number of aliphatic hydroxyl groups excluding tert-OH is 1. The predicted molar refractivity (Wildman–Crippen MR) is 85.0 cm³/mol. The zero-order valence-electron chi connectivity index (χ0n) is 12.1. The number of amides is 1. The molecule has 1 saturated heterocycles. The summed E-state index contributed by atoms with van der Waals surface area (Å²) in [6.07, 6.45) is 1.97. The highest BCUT2D eigenvalue weighted by atomic mass is 32.1. The van der Waals surface area contributed by atoms with Gasteiger partial charge >= 0.3 is 0 Å². The standard InChI is InChI=1S/C16H14FN3O2S/c17-11-3-1-10(2-4-11)13-8-20-14(9-23-16(20)18-13)15(22)19-6-5-12(21)7-19/h1-4,8-9,12,21H,5-7H2. The van der Waals surface area contributed by atoms with Crippen LogP contribution in [-0.2, 0) is 0 Å². The number of aromatic nitrogens is 2. The van der Waals surface area contributed by atoms with Crippen LogP contribution in [0.2, 0.25) is 0 Å². The molecule has 3 heterocycles. The lowest BCUT2D eigenvalue weighted by molar-refractivity contribution is 0.0758. The molecule has 23 heavy (non-hydrogen) atoms. The van der Waals surface area contributed by atoms with Crippen molar-refractivity contribution >= 4 is 22.2 Å². The van der Waals surface area contributed by atoms with Crippen molar-refractivity contribution in [3.05, 3.63) is 47.4 Å². The largest absolute Gasteiger partial charge is 0.391 e. The fourth-order valence-electron chi connectivity index (χ4n) is 2.79. The maximum Gasteiger partial charge on any atom is 0.271 e. The van der Waals surface area contributed by atoms with Gasteiger partial charge in [0.25, 0.3) is 5.91 Å². The average Bonchev–Trinajstić information content (AvgIpc) is 3.22. The number of carbonyl (C=O) groups excluding carboxylic acids is 1. The van der Waals surface area contributed by atoms with Crippen LogP contribution >= 0.6 is 11.3 Å². The quantitative estimate of drug-likeness (QED) is 0.784. The van der Waals surface area contributed by atoms with Gasteiger partial charge in [-0.2, -0.15) is 0 Å². The van der Waals surface area contributed by atoms with E-state index < -0.39 is 6.10 Å². The Morgan fingerprint density at radius 2 is 2.13 bits per heavy atom. The third-order valence-corrected chi connectivity index (χ3v) is 4.86. The number of β-amino-alcohol motifs (C(OH)–C–C–N with tert-alkyl or cyclic N) is 1. The lowest BCUT2D eigenvalue weighted by Crippen LogP contribution is -2.30. The molecule has 0 aliphatic carbocycles. The van der Waals surface area contributed by atoms with E-state index in [1.165, 1.54) is 23.5 Å². The second kappa shape index (κ2) is 5.43. The van der Waals surface area contributed by atoms with Crippen molar-refractivity contribution in [2.45, 2.75) is 12.5 Å². The summed E-state index contributed by atoms with van der Waals surface area (Å²) in [6, 6.07) is 6.11. The SMILES string of the molecule is O=C(c1csc2nc(-c3ccc(F)cc3)cn12)N1CCC(O)C1. The number of carbonyl (C=O) groups is 1. The van der Waals surface area contributed by atoms with Crippen molar-refractivity contribution in [1.82, 2.24) is 14.3 Å². The number of halogens is 1. The average molecular weight is 331 g/mol. The number of fused-ring (bicyclic) bond motifs is 1. The van der Waals surface area contributed by atoms with E-state index >= 15 is 0 Å². The molecule has 118 valence electrons. The Bertz CT molecular complexity index is 871.